The molecule has 0 radical (unpaired) electrons. The van der Waals surface area contributed by atoms with Crippen molar-refractivity contribution in [2.45, 2.75) is 307 Å². The van der Waals surface area contributed by atoms with Gasteiger partial charge in [0.2, 0.25) is 5.91 Å². The summed E-state index contributed by atoms with van der Waals surface area (Å²) in [5.74, 6) is -0.584. The van der Waals surface area contributed by atoms with Crippen molar-refractivity contribution in [3.8, 4) is 0 Å². The minimum atomic E-state index is -1.60. The number of amides is 1. The van der Waals surface area contributed by atoms with E-state index in [1.807, 2.05) is 0 Å². The van der Waals surface area contributed by atoms with Crippen LogP contribution in [0.15, 0.2) is 24.3 Å². The first-order valence-electron chi connectivity index (χ1n) is 27.6. The summed E-state index contributed by atoms with van der Waals surface area (Å²) in [7, 11) is 0. The molecule has 65 heavy (non-hydrogen) atoms. The van der Waals surface area contributed by atoms with E-state index >= 15 is 0 Å². The fraction of sp³-hybridized carbons (Fsp3) is 0.909. The van der Waals surface area contributed by atoms with E-state index in [1.165, 1.54) is 173 Å². The summed E-state index contributed by atoms with van der Waals surface area (Å²) in [5, 5.41) is 65.1. The van der Waals surface area contributed by atoms with Crippen LogP contribution in [-0.2, 0) is 14.3 Å². The zero-order valence-electron chi connectivity index (χ0n) is 42.1. The molecule has 0 bridgehead atoms. The van der Waals surface area contributed by atoms with Crippen molar-refractivity contribution in [2.75, 3.05) is 13.2 Å². The minimum Gasteiger partial charge on any atom is -0.394 e. The summed E-state index contributed by atoms with van der Waals surface area (Å²) in [6, 6.07) is -0.894. The summed E-state index contributed by atoms with van der Waals surface area (Å²) in [6.07, 6.45) is 45.2. The van der Waals surface area contributed by atoms with Gasteiger partial charge in [0, 0.05) is 0 Å². The Morgan fingerprint density at radius 2 is 0.908 bits per heavy atom. The molecule has 0 spiro atoms. The van der Waals surface area contributed by atoms with E-state index < -0.39 is 61.5 Å². The van der Waals surface area contributed by atoms with Crippen LogP contribution < -0.4 is 5.32 Å². The molecule has 1 fully saturated rings. The third-order valence-electron chi connectivity index (χ3n) is 13.4. The van der Waals surface area contributed by atoms with Gasteiger partial charge in [-0.3, -0.25) is 4.79 Å². The number of hydrogen-bond donors (Lipinski definition) is 7. The molecular weight excluding hydrogens is 819 g/mol. The van der Waals surface area contributed by atoms with Crippen LogP contribution in [0, 0.1) is 0 Å². The lowest BCUT2D eigenvalue weighted by Crippen LogP contribution is -2.60. The van der Waals surface area contributed by atoms with Crippen molar-refractivity contribution in [3.05, 3.63) is 24.3 Å². The number of aliphatic hydroxyl groups excluding tert-OH is 6. The number of carbonyl (C=O) groups is 1. The molecule has 0 aromatic carbocycles. The molecule has 7 N–H and O–H groups in total. The smallest absolute Gasteiger partial charge is 0.249 e. The van der Waals surface area contributed by atoms with Crippen LogP contribution in [0.4, 0.5) is 0 Å². The Labute approximate surface area is 399 Å². The van der Waals surface area contributed by atoms with Crippen molar-refractivity contribution in [1.29, 1.82) is 0 Å². The van der Waals surface area contributed by atoms with Crippen molar-refractivity contribution in [2.24, 2.45) is 0 Å². The second kappa shape index (κ2) is 45.1. The number of unbranched alkanes of at least 4 members (excludes halogenated alkanes) is 32. The zero-order chi connectivity index (χ0) is 47.4. The van der Waals surface area contributed by atoms with Gasteiger partial charge < -0.3 is 45.4 Å². The maximum absolute atomic E-state index is 13.1. The highest BCUT2D eigenvalue weighted by atomic mass is 16.7. The summed E-state index contributed by atoms with van der Waals surface area (Å²) >= 11 is 0. The SMILES string of the molecule is CCCCCCCCCCC/C=C\C/C=C\CCCCCCCCCCCCC(O)C(=O)NC(COC1OC(CO)C(O)C(O)C1O)C(O)CCCCCCCCCCCCCCCC. The second-order valence-corrected chi connectivity index (χ2v) is 19.5. The van der Waals surface area contributed by atoms with Gasteiger partial charge in [-0.25, -0.2) is 0 Å². The lowest BCUT2D eigenvalue weighted by atomic mass is 9.99. The molecule has 1 heterocycles. The summed E-state index contributed by atoms with van der Waals surface area (Å²) in [6.45, 7) is 3.69. The molecule has 1 saturated heterocycles. The van der Waals surface area contributed by atoms with Gasteiger partial charge in [-0.1, -0.05) is 237 Å². The topological polar surface area (TPSA) is 169 Å². The lowest BCUT2D eigenvalue weighted by molar-refractivity contribution is -0.302. The summed E-state index contributed by atoms with van der Waals surface area (Å²) < 4.78 is 11.2. The maximum Gasteiger partial charge on any atom is 0.249 e. The van der Waals surface area contributed by atoms with Crippen molar-refractivity contribution in [1.82, 2.24) is 5.32 Å². The molecule has 1 aliphatic heterocycles. The summed E-state index contributed by atoms with van der Waals surface area (Å²) in [5.41, 5.74) is 0. The molecule has 0 aromatic rings. The van der Waals surface area contributed by atoms with E-state index in [0.29, 0.717) is 12.8 Å². The molecule has 0 saturated carbocycles. The fourth-order valence-electron chi connectivity index (χ4n) is 8.91. The number of allylic oxidation sites excluding steroid dienone is 4. The Hall–Kier alpha value is -1.37. The van der Waals surface area contributed by atoms with Gasteiger partial charge >= 0.3 is 0 Å². The normalized spacial score (nSPS) is 20.5. The Morgan fingerprint density at radius 3 is 1.32 bits per heavy atom. The van der Waals surface area contributed by atoms with Crippen LogP contribution in [0.25, 0.3) is 0 Å². The molecule has 10 heteroatoms. The Kier molecular flexibility index (Phi) is 42.8. The van der Waals surface area contributed by atoms with E-state index in [2.05, 4.69) is 43.5 Å². The van der Waals surface area contributed by atoms with Gasteiger partial charge in [-0.05, 0) is 44.9 Å². The van der Waals surface area contributed by atoms with Crippen LogP contribution in [0.2, 0.25) is 0 Å². The molecule has 10 nitrogen and oxygen atoms in total. The van der Waals surface area contributed by atoms with Crippen LogP contribution in [0.1, 0.15) is 258 Å². The van der Waals surface area contributed by atoms with E-state index in [9.17, 15) is 35.4 Å². The highest BCUT2D eigenvalue weighted by molar-refractivity contribution is 5.80. The Balaban J connectivity index is 2.24. The minimum absolute atomic E-state index is 0.255. The predicted molar refractivity (Wildman–Crippen MR) is 269 cm³/mol. The first kappa shape index (κ1) is 61.6. The van der Waals surface area contributed by atoms with Crippen LogP contribution in [-0.4, -0.2) is 98.7 Å². The van der Waals surface area contributed by atoms with Gasteiger partial charge in [0.15, 0.2) is 6.29 Å². The Bertz CT molecular complexity index is 1090. The van der Waals surface area contributed by atoms with E-state index in [4.69, 9.17) is 9.47 Å². The second-order valence-electron chi connectivity index (χ2n) is 19.5. The van der Waals surface area contributed by atoms with Gasteiger partial charge in [-0.2, -0.15) is 0 Å². The molecule has 1 aliphatic rings. The van der Waals surface area contributed by atoms with Crippen LogP contribution in [0.5, 0.6) is 0 Å². The van der Waals surface area contributed by atoms with E-state index in [0.717, 1.165) is 57.8 Å². The summed E-state index contributed by atoms with van der Waals surface area (Å²) in [4.78, 5) is 13.1. The highest BCUT2D eigenvalue weighted by Gasteiger charge is 2.44. The molecule has 1 amide bonds. The number of rotatable bonds is 47. The average Bonchev–Trinajstić information content (AvgIpc) is 3.31. The number of nitrogens with one attached hydrogen (secondary N) is 1. The lowest BCUT2D eigenvalue weighted by Gasteiger charge is -2.40. The third-order valence-corrected chi connectivity index (χ3v) is 13.4. The van der Waals surface area contributed by atoms with Crippen molar-refractivity contribution < 1.29 is 44.9 Å². The molecule has 0 aliphatic carbocycles. The monoisotopic (exact) mass is 924 g/mol. The number of aliphatic hydroxyl groups is 6. The van der Waals surface area contributed by atoms with E-state index in [-0.39, 0.29) is 6.61 Å². The van der Waals surface area contributed by atoms with Gasteiger partial charge in [0.1, 0.15) is 30.5 Å². The highest BCUT2D eigenvalue weighted by Crippen LogP contribution is 2.23. The molecule has 0 aromatic heterocycles. The molecule has 384 valence electrons. The van der Waals surface area contributed by atoms with Crippen LogP contribution in [0.3, 0.4) is 0 Å². The van der Waals surface area contributed by atoms with Crippen molar-refractivity contribution in [3.63, 3.8) is 0 Å². The van der Waals surface area contributed by atoms with Gasteiger partial charge in [0.05, 0.1) is 25.4 Å². The standard InChI is InChI=1S/C55H105NO9/c1-3-5-7-9-11-13-15-17-19-20-21-22-23-24-25-26-27-28-29-30-32-34-36-38-40-42-44-49(59)54(63)56-47(46-64-55-53(62)52(61)51(60)50(45-57)65-55)48(58)43-41-39-37-35-33-31-18-16-14-12-10-8-6-4-2/h21-22,24-25,47-53,55,57-62H,3-20,23,26-46H2,1-2H3,(H,56,63)/b22-21-,25-24-. The first-order chi connectivity index (χ1) is 31.8. The number of carbonyl (C=O) groups excluding carboxylic acids is 1. The van der Waals surface area contributed by atoms with Crippen molar-refractivity contribution >= 4 is 5.91 Å². The molecule has 1 rings (SSSR count). The average molecular weight is 924 g/mol. The number of hydrogen-bond acceptors (Lipinski definition) is 9. The number of ether oxygens (including phenoxy) is 2. The van der Waals surface area contributed by atoms with Gasteiger partial charge in [0.25, 0.3) is 0 Å². The molecule has 8 atom stereocenters. The molecule has 8 unspecified atom stereocenters. The third kappa shape index (κ3) is 34.6. The first-order valence-corrected chi connectivity index (χ1v) is 27.6. The Morgan fingerprint density at radius 1 is 0.523 bits per heavy atom. The largest absolute Gasteiger partial charge is 0.394 e. The predicted octanol–water partition coefficient (Wildman–Crippen LogP) is 12.0. The van der Waals surface area contributed by atoms with Gasteiger partial charge in [-0.15, -0.1) is 0 Å². The maximum atomic E-state index is 13.1. The zero-order valence-corrected chi connectivity index (χ0v) is 42.1. The molecular formula is C55H105NO9. The fourth-order valence-corrected chi connectivity index (χ4v) is 8.91. The quantitative estimate of drug-likeness (QED) is 0.0232. The van der Waals surface area contributed by atoms with Crippen LogP contribution >= 0.6 is 0 Å². The van der Waals surface area contributed by atoms with E-state index in [1.54, 1.807) is 0 Å².